The van der Waals surface area contributed by atoms with Gasteiger partial charge in [0.05, 0.1) is 12.2 Å². The minimum atomic E-state index is -0.346. The molecule has 0 aromatic carbocycles. The smallest absolute Gasteiger partial charge is 0.291 e. The summed E-state index contributed by atoms with van der Waals surface area (Å²) in [6.45, 7) is 2.21. The summed E-state index contributed by atoms with van der Waals surface area (Å²) in [6, 6.07) is 1.81. The van der Waals surface area contributed by atoms with Crippen LogP contribution in [0.3, 0.4) is 0 Å². The molecule has 0 aliphatic heterocycles. The number of carbonyl (C=O) groups is 1. The molecule has 0 aliphatic rings. The topological polar surface area (TPSA) is 89.5 Å². The lowest BCUT2D eigenvalue weighted by molar-refractivity contribution is 0.0940. The second-order valence-electron chi connectivity index (χ2n) is 4.74. The number of aromatic nitrogens is 6. The van der Waals surface area contributed by atoms with Gasteiger partial charge in [-0.05, 0) is 13.0 Å². The van der Waals surface area contributed by atoms with E-state index in [4.69, 9.17) is 0 Å². The van der Waals surface area contributed by atoms with Crippen LogP contribution in [0.4, 0.5) is 0 Å². The minimum absolute atomic E-state index is 0.0998. The highest BCUT2D eigenvalue weighted by Gasteiger charge is 2.14. The highest BCUT2D eigenvalue weighted by atomic mass is 32.1. The molecule has 4 aromatic heterocycles. The summed E-state index contributed by atoms with van der Waals surface area (Å²) >= 11 is 1.55. The van der Waals surface area contributed by atoms with Crippen LogP contribution in [0.15, 0.2) is 30.0 Å². The second kappa shape index (κ2) is 4.88. The fourth-order valence-corrected chi connectivity index (χ4v) is 2.83. The molecule has 0 aliphatic carbocycles. The third kappa shape index (κ3) is 2.11. The average Bonchev–Trinajstić information content (AvgIpc) is 3.18. The number of hydrogen-bond donors (Lipinski definition) is 1. The quantitative estimate of drug-likeness (QED) is 0.611. The maximum absolute atomic E-state index is 12.1. The Kier molecular flexibility index (Phi) is 2.86. The fourth-order valence-electron chi connectivity index (χ4n) is 2.11. The number of hydrogen-bond acceptors (Lipinski definition) is 6. The van der Waals surface area contributed by atoms with Gasteiger partial charge in [-0.2, -0.15) is 4.98 Å². The molecule has 1 amide bonds. The monoisotopic (exact) mass is 313 g/mol. The summed E-state index contributed by atoms with van der Waals surface area (Å²) in [6.07, 6.45) is 5.45. The van der Waals surface area contributed by atoms with Gasteiger partial charge in [0.15, 0.2) is 4.96 Å². The maximum Gasteiger partial charge on any atom is 0.291 e. The van der Waals surface area contributed by atoms with Gasteiger partial charge >= 0.3 is 0 Å². The van der Waals surface area contributed by atoms with Gasteiger partial charge in [-0.25, -0.2) is 14.5 Å². The van der Waals surface area contributed by atoms with Crippen molar-refractivity contribution in [2.24, 2.45) is 0 Å². The number of nitrogens with zero attached hydrogens (tertiary/aromatic N) is 6. The first-order valence-corrected chi connectivity index (χ1v) is 7.46. The minimum Gasteiger partial charge on any atom is -0.344 e. The molecule has 0 bridgehead atoms. The molecular weight excluding hydrogens is 302 g/mol. The van der Waals surface area contributed by atoms with Crippen molar-refractivity contribution >= 4 is 28.0 Å². The number of fused-ring (bicyclic) bond motifs is 2. The average molecular weight is 313 g/mol. The lowest BCUT2D eigenvalue weighted by atomic mass is 10.4. The van der Waals surface area contributed by atoms with Crippen LogP contribution in [-0.2, 0) is 6.54 Å². The molecule has 4 aromatic rings. The SMILES string of the molecule is Cc1ccnc2nc(C(=O)NCc3cn4ccsc4n3)nn12. The molecule has 22 heavy (non-hydrogen) atoms. The Morgan fingerprint density at radius 1 is 1.41 bits per heavy atom. The van der Waals surface area contributed by atoms with Gasteiger partial charge in [-0.15, -0.1) is 16.4 Å². The second-order valence-corrected chi connectivity index (χ2v) is 5.61. The van der Waals surface area contributed by atoms with Crippen molar-refractivity contribution in [1.82, 2.24) is 34.3 Å². The molecule has 1 N–H and O–H groups in total. The van der Waals surface area contributed by atoms with E-state index in [2.05, 4.69) is 25.4 Å². The molecule has 0 fully saturated rings. The van der Waals surface area contributed by atoms with Crippen LogP contribution in [0.1, 0.15) is 22.0 Å². The highest BCUT2D eigenvalue weighted by Crippen LogP contribution is 2.11. The Morgan fingerprint density at radius 2 is 2.32 bits per heavy atom. The number of amides is 1. The number of aryl methyl sites for hydroxylation is 1. The zero-order valence-electron chi connectivity index (χ0n) is 11.6. The van der Waals surface area contributed by atoms with Crippen molar-refractivity contribution in [3.63, 3.8) is 0 Å². The Labute approximate surface area is 128 Å². The van der Waals surface area contributed by atoms with Crippen molar-refractivity contribution in [2.45, 2.75) is 13.5 Å². The van der Waals surface area contributed by atoms with Crippen molar-refractivity contribution in [1.29, 1.82) is 0 Å². The lowest BCUT2D eigenvalue weighted by Gasteiger charge is -1.98. The third-order valence-corrected chi connectivity index (χ3v) is 3.98. The van der Waals surface area contributed by atoms with E-state index >= 15 is 0 Å². The molecule has 110 valence electrons. The predicted molar refractivity (Wildman–Crippen MR) is 79.8 cm³/mol. The van der Waals surface area contributed by atoms with Crippen LogP contribution in [0.2, 0.25) is 0 Å². The van der Waals surface area contributed by atoms with Gasteiger partial charge in [0, 0.05) is 29.7 Å². The number of thiazole rings is 1. The summed E-state index contributed by atoms with van der Waals surface area (Å²) in [5.74, 6) is 0.164. The first-order chi connectivity index (χ1) is 10.7. The molecule has 0 radical (unpaired) electrons. The molecule has 0 saturated heterocycles. The summed E-state index contributed by atoms with van der Waals surface area (Å²) in [4.78, 5) is 25.6. The van der Waals surface area contributed by atoms with Gasteiger partial charge in [0.1, 0.15) is 0 Å². The molecule has 4 heterocycles. The molecule has 4 rings (SSSR count). The Balaban J connectivity index is 1.53. The molecule has 9 heteroatoms. The van der Waals surface area contributed by atoms with E-state index in [9.17, 15) is 4.79 Å². The normalized spacial score (nSPS) is 11.3. The van der Waals surface area contributed by atoms with E-state index in [0.717, 1.165) is 16.3 Å². The van der Waals surface area contributed by atoms with Crippen LogP contribution in [0.5, 0.6) is 0 Å². The van der Waals surface area contributed by atoms with Gasteiger partial charge in [-0.1, -0.05) is 0 Å². The van der Waals surface area contributed by atoms with E-state index in [0.29, 0.717) is 12.3 Å². The van der Waals surface area contributed by atoms with Gasteiger partial charge < -0.3 is 5.32 Å². The number of nitrogens with one attached hydrogen (secondary N) is 1. The van der Waals surface area contributed by atoms with E-state index in [1.54, 1.807) is 28.1 Å². The van der Waals surface area contributed by atoms with Crippen molar-refractivity contribution in [2.75, 3.05) is 0 Å². The molecule has 0 unspecified atom stereocenters. The number of imidazole rings is 1. The van der Waals surface area contributed by atoms with E-state index in [-0.39, 0.29) is 11.7 Å². The van der Waals surface area contributed by atoms with Crippen molar-refractivity contribution in [3.05, 3.63) is 47.2 Å². The zero-order chi connectivity index (χ0) is 15.1. The largest absolute Gasteiger partial charge is 0.344 e. The van der Waals surface area contributed by atoms with E-state index in [1.807, 2.05) is 29.1 Å². The van der Waals surface area contributed by atoms with E-state index < -0.39 is 0 Å². The predicted octanol–water partition coefficient (Wildman–Crippen LogP) is 1.07. The fraction of sp³-hybridized carbons (Fsp3) is 0.154. The van der Waals surface area contributed by atoms with E-state index in [1.165, 1.54) is 0 Å². The zero-order valence-corrected chi connectivity index (χ0v) is 12.4. The van der Waals surface area contributed by atoms with Crippen LogP contribution < -0.4 is 5.32 Å². The van der Waals surface area contributed by atoms with Gasteiger partial charge in [0.25, 0.3) is 11.7 Å². The molecule has 0 saturated carbocycles. The molecule has 0 spiro atoms. The van der Waals surface area contributed by atoms with Crippen LogP contribution >= 0.6 is 11.3 Å². The molecule has 8 nitrogen and oxygen atoms in total. The van der Waals surface area contributed by atoms with Crippen LogP contribution in [0.25, 0.3) is 10.7 Å². The number of carbonyl (C=O) groups excluding carboxylic acids is 1. The Hall–Kier alpha value is -2.81. The third-order valence-electron chi connectivity index (χ3n) is 3.21. The number of rotatable bonds is 3. The summed E-state index contributed by atoms with van der Waals surface area (Å²) in [5, 5.41) is 8.89. The maximum atomic E-state index is 12.1. The first-order valence-electron chi connectivity index (χ1n) is 6.58. The van der Waals surface area contributed by atoms with Crippen LogP contribution in [0, 0.1) is 6.92 Å². The van der Waals surface area contributed by atoms with Gasteiger partial charge in [-0.3, -0.25) is 9.20 Å². The Bertz CT molecular complexity index is 954. The Morgan fingerprint density at radius 3 is 3.14 bits per heavy atom. The molecular formula is C13H11N7OS. The van der Waals surface area contributed by atoms with Crippen molar-refractivity contribution < 1.29 is 4.79 Å². The molecule has 0 atom stereocenters. The lowest BCUT2D eigenvalue weighted by Crippen LogP contribution is -2.24. The summed E-state index contributed by atoms with van der Waals surface area (Å²) in [7, 11) is 0. The standard InChI is InChI=1S/C13H11N7OS/c1-8-2-3-14-12-17-10(18-20(8)12)11(21)15-6-9-7-19-4-5-22-13(19)16-9/h2-5,7H,6H2,1H3,(H,15,21). The summed E-state index contributed by atoms with van der Waals surface area (Å²) < 4.78 is 3.46. The van der Waals surface area contributed by atoms with Crippen molar-refractivity contribution in [3.8, 4) is 0 Å². The highest BCUT2D eigenvalue weighted by molar-refractivity contribution is 7.15. The first kappa shape index (κ1) is 12.9. The summed E-state index contributed by atoms with van der Waals surface area (Å²) in [5.41, 5.74) is 1.66. The van der Waals surface area contributed by atoms with Gasteiger partial charge in [0.2, 0.25) is 5.82 Å². The van der Waals surface area contributed by atoms with Crippen LogP contribution in [-0.4, -0.2) is 34.9 Å².